The summed E-state index contributed by atoms with van der Waals surface area (Å²) >= 11 is 0. The van der Waals surface area contributed by atoms with Gasteiger partial charge in [-0.15, -0.1) is 0 Å². The second-order valence-electron chi connectivity index (χ2n) is 3.27. The number of halogens is 3. The highest BCUT2D eigenvalue weighted by atomic mass is 19.2. The average molecular weight is 187 g/mol. The fraction of sp³-hybridized carbons (Fsp3) is 0.333. The Balaban J connectivity index is 2.43. The zero-order chi connectivity index (χ0) is 9.59. The summed E-state index contributed by atoms with van der Waals surface area (Å²) in [5.74, 6) is -3.81. The summed E-state index contributed by atoms with van der Waals surface area (Å²) in [7, 11) is 0. The van der Waals surface area contributed by atoms with E-state index >= 15 is 0 Å². The van der Waals surface area contributed by atoms with Gasteiger partial charge in [-0.25, -0.2) is 13.2 Å². The smallest absolute Gasteiger partial charge is 0.194 e. The molecule has 1 aromatic rings. The second-order valence-corrected chi connectivity index (χ2v) is 3.27. The maximum Gasteiger partial charge on any atom is 0.194 e. The molecule has 0 saturated heterocycles. The average Bonchev–Trinajstić information content (AvgIpc) is 2.79. The molecular weight excluding hydrogens is 179 g/mol. The Morgan fingerprint density at radius 1 is 1.15 bits per heavy atom. The van der Waals surface area contributed by atoms with Crippen LogP contribution in [0.2, 0.25) is 0 Å². The Morgan fingerprint density at radius 2 is 1.77 bits per heavy atom. The second kappa shape index (κ2) is 2.73. The third-order valence-electron chi connectivity index (χ3n) is 2.30. The van der Waals surface area contributed by atoms with Crippen LogP contribution in [0.1, 0.15) is 17.9 Å². The van der Waals surface area contributed by atoms with E-state index in [0.717, 1.165) is 6.07 Å². The molecule has 0 spiro atoms. The van der Waals surface area contributed by atoms with E-state index < -0.39 is 17.5 Å². The molecule has 0 aliphatic heterocycles. The highest BCUT2D eigenvalue weighted by Crippen LogP contribution is 2.40. The van der Waals surface area contributed by atoms with Gasteiger partial charge in [0.25, 0.3) is 0 Å². The molecule has 1 saturated carbocycles. The van der Waals surface area contributed by atoms with Crippen molar-refractivity contribution >= 4 is 0 Å². The first kappa shape index (κ1) is 8.56. The van der Waals surface area contributed by atoms with Gasteiger partial charge in [0, 0.05) is 12.0 Å². The molecule has 2 N–H and O–H groups in total. The quantitative estimate of drug-likeness (QED) is 0.668. The van der Waals surface area contributed by atoms with E-state index in [4.69, 9.17) is 5.73 Å². The fourth-order valence-corrected chi connectivity index (χ4v) is 1.40. The van der Waals surface area contributed by atoms with Crippen molar-refractivity contribution in [3.05, 3.63) is 35.1 Å². The molecule has 0 bridgehead atoms. The lowest BCUT2D eigenvalue weighted by atomic mass is 10.1. The van der Waals surface area contributed by atoms with Crippen molar-refractivity contribution < 1.29 is 13.2 Å². The number of rotatable bonds is 1. The minimum Gasteiger partial charge on any atom is -0.327 e. The van der Waals surface area contributed by atoms with Crippen molar-refractivity contribution in [3.8, 4) is 0 Å². The van der Waals surface area contributed by atoms with Gasteiger partial charge >= 0.3 is 0 Å². The Morgan fingerprint density at radius 3 is 2.31 bits per heavy atom. The molecule has 13 heavy (non-hydrogen) atoms. The van der Waals surface area contributed by atoms with Gasteiger partial charge in [-0.1, -0.05) is 6.07 Å². The van der Waals surface area contributed by atoms with E-state index in [9.17, 15) is 13.2 Å². The summed E-state index contributed by atoms with van der Waals surface area (Å²) in [5.41, 5.74) is 5.66. The number of hydrogen-bond acceptors (Lipinski definition) is 1. The Kier molecular flexibility index (Phi) is 1.80. The summed E-state index contributed by atoms with van der Waals surface area (Å²) in [6.45, 7) is 0. The van der Waals surface area contributed by atoms with E-state index in [1.807, 2.05) is 0 Å². The number of benzene rings is 1. The lowest BCUT2D eigenvalue weighted by molar-refractivity contribution is 0.441. The number of nitrogens with two attached hydrogens (primary N) is 1. The molecule has 0 unspecified atom stereocenters. The van der Waals surface area contributed by atoms with E-state index in [1.54, 1.807) is 0 Å². The molecule has 1 aliphatic carbocycles. The zero-order valence-corrected chi connectivity index (χ0v) is 6.73. The molecule has 0 radical (unpaired) electrons. The SMILES string of the molecule is N[C@@H]1C[C@H]1c1ccc(F)c(F)c1F. The zero-order valence-electron chi connectivity index (χ0n) is 6.73. The molecular formula is C9H8F3N. The third-order valence-corrected chi connectivity index (χ3v) is 2.30. The van der Waals surface area contributed by atoms with E-state index in [1.165, 1.54) is 6.07 Å². The van der Waals surface area contributed by atoms with Crippen LogP contribution in [0.15, 0.2) is 12.1 Å². The van der Waals surface area contributed by atoms with Crippen molar-refractivity contribution in [3.63, 3.8) is 0 Å². The lowest BCUT2D eigenvalue weighted by Gasteiger charge is -2.02. The van der Waals surface area contributed by atoms with Gasteiger partial charge in [0.2, 0.25) is 0 Å². The first-order valence-electron chi connectivity index (χ1n) is 4.00. The van der Waals surface area contributed by atoms with E-state index in [-0.39, 0.29) is 17.5 Å². The summed E-state index contributed by atoms with van der Waals surface area (Å²) < 4.78 is 38.3. The van der Waals surface area contributed by atoms with Crippen LogP contribution in [0.4, 0.5) is 13.2 Å². The van der Waals surface area contributed by atoms with Gasteiger partial charge in [-0.2, -0.15) is 0 Å². The van der Waals surface area contributed by atoms with Crippen LogP contribution in [0, 0.1) is 17.5 Å². The topological polar surface area (TPSA) is 26.0 Å². The minimum atomic E-state index is -1.41. The molecule has 2 atom stereocenters. The van der Waals surface area contributed by atoms with E-state index in [0.29, 0.717) is 6.42 Å². The maximum absolute atomic E-state index is 13.1. The molecule has 0 aromatic heterocycles. The molecule has 1 aliphatic rings. The van der Waals surface area contributed by atoms with Crippen molar-refractivity contribution in [1.82, 2.24) is 0 Å². The third kappa shape index (κ3) is 1.31. The molecule has 0 heterocycles. The Labute approximate surface area is 73.4 Å². The summed E-state index contributed by atoms with van der Waals surface area (Å²) in [6.07, 6.45) is 0.641. The Bertz CT molecular complexity index is 351. The van der Waals surface area contributed by atoms with Crippen LogP contribution in [0.25, 0.3) is 0 Å². The molecule has 0 amide bonds. The maximum atomic E-state index is 13.1. The molecule has 2 rings (SSSR count). The van der Waals surface area contributed by atoms with Crippen LogP contribution in [0.3, 0.4) is 0 Å². The minimum absolute atomic E-state index is 0.112. The largest absolute Gasteiger partial charge is 0.327 e. The monoisotopic (exact) mass is 187 g/mol. The van der Waals surface area contributed by atoms with Crippen molar-refractivity contribution in [1.29, 1.82) is 0 Å². The standard InChI is InChI=1S/C9H8F3N/c10-6-2-1-4(5-3-7(5)13)8(11)9(6)12/h1-2,5,7H,3,13H2/t5-,7+/m0/s1. The number of hydrogen-bond donors (Lipinski definition) is 1. The fourth-order valence-electron chi connectivity index (χ4n) is 1.40. The van der Waals surface area contributed by atoms with Crippen molar-refractivity contribution in [2.45, 2.75) is 18.4 Å². The molecule has 1 aromatic carbocycles. The summed E-state index contributed by atoms with van der Waals surface area (Å²) in [5, 5.41) is 0. The lowest BCUT2D eigenvalue weighted by Crippen LogP contribution is -2.04. The van der Waals surface area contributed by atoms with Crippen molar-refractivity contribution in [2.24, 2.45) is 5.73 Å². The van der Waals surface area contributed by atoms with Gasteiger partial charge in [-0.05, 0) is 18.1 Å². The highest BCUT2D eigenvalue weighted by Gasteiger charge is 2.37. The molecule has 70 valence electrons. The van der Waals surface area contributed by atoms with Crippen LogP contribution in [0.5, 0.6) is 0 Å². The van der Waals surface area contributed by atoms with Gasteiger partial charge < -0.3 is 5.73 Å². The van der Waals surface area contributed by atoms with Gasteiger partial charge in [0.15, 0.2) is 17.5 Å². The Hall–Kier alpha value is -1.03. The predicted octanol–water partition coefficient (Wildman–Crippen LogP) is 1.92. The normalized spacial score (nSPS) is 26.2. The molecule has 4 heteroatoms. The van der Waals surface area contributed by atoms with Crippen LogP contribution in [-0.2, 0) is 0 Å². The molecule has 1 fully saturated rings. The van der Waals surface area contributed by atoms with Gasteiger partial charge in [-0.3, -0.25) is 0 Å². The first-order chi connectivity index (χ1) is 6.11. The summed E-state index contributed by atoms with van der Waals surface area (Å²) in [4.78, 5) is 0. The van der Waals surface area contributed by atoms with Crippen LogP contribution < -0.4 is 5.73 Å². The molecule has 1 nitrogen and oxygen atoms in total. The highest BCUT2D eigenvalue weighted by molar-refractivity contribution is 5.30. The van der Waals surface area contributed by atoms with E-state index in [2.05, 4.69) is 0 Å². The van der Waals surface area contributed by atoms with Crippen LogP contribution in [-0.4, -0.2) is 6.04 Å². The van der Waals surface area contributed by atoms with Gasteiger partial charge in [0.05, 0.1) is 0 Å². The van der Waals surface area contributed by atoms with Gasteiger partial charge in [0.1, 0.15) is 0 Å². The predicted molar refractivity (Wildman–Crippen MR) is 41.6 cm³/mol. The summed E-state index contributed by atoms with van der Waals surface area (Å²) in [6, 6.07) is 2.07. The van der Waals surface area contributed by atoms with Crippen LogP contribution >= 0.6 is 0 Å². The van der Waals surface area contributed by atoms with Crippen molar-refractivity contribution in [2.75, 3.05) is 0 Å². The first-order valence-corrected chi connectivity index (χ1v) is 4.00.